The molecule has 0 spiro atoms. The Morgan fingerprint density at radius 2 is 2.20 bits per heavy atom. The summed E-state index contributed by atoms with van der Waals surface area (Å²) in [4.78, 5) is 11.9. The van der Waals surface area contributed by atoms with Crippen LogP contribution < -0.4 is 5.32 Å². The number of rotatable bonds is 2. The third kappa shape index (κ3) is 2.40. The van der Waals surface area contributed by atoms with Crippen molar-refractivity contribution in [1.29, 1.82) is 0 Å². The van der Waals surface area contributed by atoms with E-state index < -0.39 is 0 Å². The van der Waals surface area contributed by atoms with E-state index in [0.717, 1.165) is 28.4 Å². The minimum Gasteiger partial charge on any atom is -0.349 e. The van der Waals surface area contributed by atoms with Crippen LogP contribution in [0.2, 0.25) is 0 Å². The van der Waals surface area contributed by atoms with E-state index in [1.54, 1.807) is 0 Å². The van der Waals surface area contributed by atoms with Crippen molar-refractivity contribution < 1.29 is 4.79 Å². The normalized spacial score (nSPS) is 15.9. The van der Waals surface area contributed by atoms with Gasteiger partial charge in [0, 0.05) is 10.5 Å². The first-order chi connectivity index (χ1) is 7.16. The first kappa shape index (κ1) is 10.7. The number of benzene rings is 1. The highest BCUT2D eigenvalue weighted by molar-refractivity contribution is 9.10. The van der Waals surface area contributed by atoms with Gasteiger partial charge >= 0.3 is 0 Å². The maximum absolute atomic E-state index is 11.9. The molecule has 2 nitrogen and oxygen atoms in total. The van der Waals surface area contributed by atoms with Crippen molar-refractivity contribution >= 4 is 21.8 Å². The molecular formula is C12H14BrNO. The molecule has 3 heteroatoms. The summed E-state index contributed by atoms with van der Waals surface area (Å²) >= 11 is 3.40. The Labute approximate surface area is 98.2 Å². The van der Waals surface area contributed by atoms with E-state index in [-0.39, 0.29) is 5.91 Å². The van der Waals surface area contributed by atoms with Crippen LogP contribution in [0.25, 0.3) is 0 Å². The van der Waals surface area contributed by atoms with Crippen molar-refractivity contribution in [3.8, 4) is 0 Å². The summed E-state index contributed by atoms with van der Waals surface area (Å²) in [6.07, 6.45) is 3.48. The lowest BCUT2D eigenvalue weighted by Gasteiger charge is -2.26. The summed E-state index contributed by atoms with van der Waals surface area (Å²) in [5.41, 5.74) is 1.85. The van der Waals surface area contributed by atoms with Crippen LogP contribution in [0.15, 0.2) is 22.7 Å². The van der Waals surface area contributed by atoms with E-state index in [1.165, 1.54) is 6.42 Å². The van der Waals surface area contributed by atoms with Crippen molar-refractivity contribution in [2.75, 3.05) is 0 Å². The second kappa shape index (κ2) is 4.35. The molecular weight excluding hydrogens is 254 g/mol. The number of carbonyl (C=O) groups excluding carboxylic acids is 1. The van der Waals surface area contributed by atoms with Crippen molar-refractivity contribution in [2.45, 2.75) is 32.2 Å². The van der Waals surface area contributed by atoms with Gasteiger partial charge in [0.25, 0.3) is 5.91 Å². The Balaban J connectivity index is 2.12. The molecule has 0 bridgehead atoms. The van der Waals surface area contributed by atoms with Gasteiger partial charge in [0.15, 0.2) is 0 Å². The van der Waals surface area contributed by atoms with Gasteiger partial charge in [-0.1, -0.05) is 11.6 Å². The monoisotopic (exact) mass is 267 g/mol. The third-order valence-corrected chi connectivity index (χ3v) is 3.50. The predicted octanol–water partition coefficient (Wildman–Crippen LogP) is 3.04. The molecule has 0 saturated heterocycles. The van der Waals surface area contributed by atoms with Crippen LogP contribution in [-0.2, 0) is 0 Å². The van der Waals surface area contributed by atoms with Gasteiger partial charge in [-0.3, -0.25) is 4.79 Å². The number of carbonyl (C=O) groups is 1. The van der Waals surface area contributed by atoms with E-state index >= 15 is 0 Å². The van der Waals surface area contributed by atoms with Crippen molar-refractivity contribution in [2.24, 2.45) is 0 Å². The fourth-order valence-corrected chi connectivity index (χ4v) is 2.06. The molecule has 0 heterocycles. The quantitative estimate of drug-likeness (QED) is 0.877. The standard InChI is InChI=1S/C12H14BrNO/c1-8-5-6-11(13)10(7-8)12(15)14-9-3-2-4-9/h5-7,9H,2-4H2,1H3,(H,14,15). The SMILES string of the molecule is Cc1ccc(Br)c(C(=O)NC2CCC2)c1. The molecule has 1 aromatic carbocycles. The minimum atomic E-state index is 0.0373. The maximum Gasteiger partial charge on any atom is 0.252 e. The molecule has 1 amide bonds. The molecule has 1 saturated carbocycles. The van der Waals surface area contributed by atoms with Crippen molar-refractivity contribution in [3.05, 3.63) is 33.8 Å². The first-order valence-electron chi connectivity index (χ1n) is 5.24. The van der Waals surface area contributed by atoms with Crippen molar-refractivity contribution in [1.82, 2.24) is 5.32 Å². The van der Waals surface area contributed by atoms with Gasteiger partial charge in [0.05, 0.1) is 5.56 Å². The highest BCUT2D eigenvalue weighted by Crippen LogP contribution is 2.21. The van der Waals surface area contributed by atoms with E-state index in [9.17, 15) is 4.79 Å². The topological polar surface area (TPSA) is 29.1 Å². The number of amides is 1. The highest BCUT2D eigenvalue weighted by Gasteiger charge is 2.20. The molecule has 80 valence electrons. The number of hydrogen-bond acceptors (Lipinski definition) is 1. The number of halogens is 1. The molecule has 0 atom stereocenters. The number of aryl methyl sites for hydroxylation is 1. The summed E-state index contributed by atoms with van der Waals surface area (Å²) in [5.74, 6) is 0.0373. The zero-order valence-electron chi connectivity index (χ0n) is 8.72. The number of hydrogen-bond donors (Lipinski definition) is 1. The fourth-order valence-electron chi connectivity index (χ4n) is 1.63. The molecule has 1 aromatic rings. The Hall–Kier alpha value is -0.830. The summed E-state index contributed by atoms with van der Waals surface area (Å²) < 4.78 is 0.866. The Morgan fingerprint density at radius 3 is 2.80 bits per heavy atom. The highest BCUT2D eigenvalue weighted by atomic mass is 79.9. The molecule has 0 aromatic heterocycles. The van der Waals surface area contributed by atoms with Crippen LogP contribution in [0.1, 0.15) is 35.2 Å². The summed E-state index contributed by atoms with van der Waals surface area (Å²) in [5, 5.41) is 3.03. The van der Waals surface area contributed by atoms with Gasteiger partial charge in [0.2, 0.25) is 0 Å². The van der Waals surface area contributed by atoms with E-state index in [2.05, 4.69) is 21.2 Å². The average Bonchev–Trinajstić information content (AvgIpc) is 2.15. The van der Waals surface area contributed by atoms with Gasteiger partial charge in [0.1, 0.15) is 0 Å². The maximum atomic E-state index is 11.9. The van der Waals surface area contributed by atoms with Crippen LogP contribution in [0, 0.1) is 6.92 Å². The Morgan fingerprint density at radius 1 is 1.47 bits per heavy atom. The molecule has 0 aliphatic heterocycles. The minimum absolute atomic E-state index is 0.0373. The first-order valence-corrected chi connectivity index (χ1v) is 6.03. The summed E-state index contributed by atoms with van der Waals surface area (Å²) in [6, 6.07) is 6.22. The van der Waals surface area contributed by atoms with E-state index in [4.69, 9.17) is 0 Å². The second-order valence-corrected chi connectivity index (χ2v) is 4.94. The lowest BCUT2D eigenvalue weighted by atomic mass is 9.93. The Kier molecular flexibility index (Phi) is 3.10. The fraction of sp³-hybridized carbons (Fsp3) is 0.417. The van der Waals surface area contributed by atoms with Crippen LogP contribution in [-0.4, -0.2) is 11.9 Å². The zero-order chi connectivity index (χ0) is 10.8. The Bertz CT molecular complexity index is 385. The summed E-state index contributed by atoms with van der Waals surface area (Å²) in [6.45, 7) is 1.99. The second-order valence-electron chi connectivity index (χ2n) is 4.08. The van der Waals surface area contributed by atoms with Crippen LogP contribution in [0.3, 0.4) is 0 Å². The van der Waals surface area contributed by atoms with Gasteiger partial charge in [-0.25, -0.2) is 0 Å². The van der Waals surface area contributed by atoms with Crippen molar-refractivity contribution in [3.63, 3.8) is 0 Å². The zero-order valence-corrected chi connectivity index (χ0v) is 10.3. The molecule has 1 aliphatic rings. The van der Waals surface area contributed by atoms with Gasteiger partial charge in [-0.05, 0) is 54.2 Å². The smallest absolute Gasteiger partial charge is 0.252 e. The lowest BCUT2D eigenvalue weighted by molar-refractivity contribution is 0.0916. The number of nitrogens with one attached hydrogen (secondary N) is 1. The molecule has 1 fully saturated rings. The summed E-state index contributed by atoms with van der Waals surface area (Å²) in [7, 11) is 0. The average molecular weight is 268 g/mol. The predicted molar refractivity (Wildman–Crippen MR) is 64.0 cm³/mol. The lowest BCUT2D eigenvalue weighted by Crippen LogP contribution is -2.39. The molecule has 0 unspecified atom stereocenters. The molecule has 2 rings (SSSR count). The molecule has 15 heavy (non-hydrogen) atoms. The molecule has 1 aliphatic carbocycles. The molecule has 1 N–H and O–H groups in total. The van der Waals surface area contributed by atoms with Gasteiger partial charge in [-0.15, -0.1) is 0 Å². The molecule has 0 radical (unpaired) electrons. The third-order valence-electron chi connectivity index (χ3n) is 2.81. The van der Waals surface area contributed by atoms with Crippen LogP contribution in [0.5, 0.6) is 0 Å². The van der Waals surface area contributed by atoms with Crippen LogP contribution in [0.4, 0.5) is 0 Å². The van der Waals surface area contributed by atoms with Gasteiger partial charge in [-0.2, -0.15) is 0 Å². The van der Waals surface area contributed by atoms with Crippen LogP contribution >= 0.6 is 15.9 Å². The van der Waals surface area contributed by atoms with Gasteiger partial charge < -0.3 is 5.32 Å². The van der Waals surface area contributed by atoms with E-state index in [1.807, 2.05) is 25.1 Å². The largest absolute Gasteiger partial charge is 0.349 e. The van der Waals surface area contributed by atoms with E-state index in [0.29, 0.717) is 6.04 Å².